The lowest BCUT2D eigenvalue weighted by atomic mass is 10.2. The van der Waals surface area contributed by atoms with Crippen molar-refractivity contribution < 1.29 is 14.3 Å². The van der Waals surface area contributed by atoms with Gasteiger partial charge in [-0.3, -0.25) is 4.79 Å². The van der Waals surface area contributed by atoms with E-state index in [9.17, 15) is 4.79 Å². The molecule has 21 heavy (non-hydrogen) atoms. The van der Waals surface area contributed by atoms with Crippen molar-refractivity contribution >= 4 is 17.3 Å². The summed E-state index contributed by atoms with van der Waals surface area (Å²) < 4.78 is 10.0. The Kier molecular flexibility index (Phi) is 7.79. The highest BCUT2D eigenvalue weighted by Gasteiger charge is 2.08. The summed E-state index contributed by atoms with van der Waals surface area (Å²) in [5.41, 5.74) is 1.93. The van der Waals surface area contributed by atoms with Crippen molar-refractivity contribution in [2.45, 2.75) is 26.8 Å². The van der Waals surface area contributed by atoms with Gasteiger partial charge >= 0.3 is 0 Å². The van der Waals surface area contributed by atoms with Gasteiger partial charge in [0.25, 0.3) is 0 Å². The van der Waals surface area contributed by atoms with E-state index in [0.717, 1.165) is 17.9 Å². The molecule has 0 aliphatic heterocycles. The zero-order chi connectivity index (χ0) is 15.7. The van der Waals surface area contributed by atoms with E-state index < -0.39 is 0 Å². The number of hydrogen-bond donors (Lipinski definition) is 1. The number of hydrogen-bond acceptors (Lipinski definition) is 4. The molecule has 1 amide bonds. The van der Waals surface area contributed by atoms with E-state index in [4.69, 9.17) is 9.47 Å². The normalized spacial score (nSPS) is 10.7. The third-order valence-corrected chi connectivity index (χ3v) is 3.11. The number of methoxy groups -OCH3 is 1. The molecule has 0 saturated heterocycles. The van der Waals surface area contributed by atoms with Crippen LogP contribution in [-0.4, -0.2) is 45.4 Å². The molecule has 0 radical (unpaired) electrons. The van der Waals surface area contributed by atoms with Gasteiger partial charge in [0.1, 0.15) is 6.61 Å². The number of anilines is 2. The van der Waals surface area contributed by atoms with E-state index in [1.807, 2.05) is 24.3 Å². The monoisotopic (exact) mass is 294 g/mol. The predicted molar refractivity (Wildman–Crippen MR) is 85.9 cm³/mol. The van der Waals surface area contributed by atoms with Crippen molar-refractivity contribution in [2.75, 3.05) is 43.7 Å². The molecule has 0 fully saturated rings. The van der Waals surface area contributed by atoms with Crippen molar-refractivity contribution in [1.82, 2.24) is 0 Å². The molecule has 0 bridgehead atoms. The first-order chi connectivity index (χ1) is 10.1. The molecule has 1 aromatic carbocycles. The third kappa shape index (κ3) is 6.14. The topological polar surface area (TPSA) is 50.8 Å². The highest BCUT2D eigenvalue weighted by atomic mass is 16.5. The fourth-order valence-electron chi connectivity index (χ4n) is 2.09. The molecule has 1 N–H and O–H groups in total. The Hall–Kier alpha value is -1.59. The van der Waals surface area contributed by atoms with Gasteiger partial charge in [0.2, 0.25) is 5.91 Å². The van der Waals surface area contributed by atoms with Crippen LogP contribution < -0.4 is 10.2 Å². The Labute approximate surface area is 127 Å². The summed E-state index contributed by atoms with van der Waals surface area (Å²) in [6, 6.07) is 8.31. The molecule has 0 unspecified atom stereocenters. The summed E-state index contributed by atoms with van der Waals surface area (Å²) in [6.45, 7) is 8.36. The fraction of sp³-hybridized carbons (Fsp3) is 0.562. The highest BCUT2D eigenvalue weighted by molar-refractivity contribution is 5.91. The molecule has 5 nitrogen and oxygen atoms in total. The maximum absolute atomic E-state index is 11.7. The number of nitrogens with zero attached hydrogens (tertiary/aromatic N) is 1. The van der Waals surface area contributed by atoms with Crippen LogP contribution in [0.15, 0.2) is 24.3 Å². The number of ether oxygens (including phenoxy) is 2. The molecule has 0 aromatic heterocycles. The quantitative estimate of drug-likeness (QED) is 0.711. The van der Waals surface area contributed by atoms with Gasteiger partial charge in [-0.05, 0) is 45.0 Å². The van der Waals surface area contributed by atoms with Crippen molar-refractivity contribution in [2.24, 2.45) is 0 Å². The lowest BCUT2D eigenvalue weighted by Gasteiger charge is -2.27. The van der Waals surface area contributed by atoms with Crippen LogP contribution in [0, 0.1) is 0 Å². The molecule has 0 aliphatic rings. The number of benzene rings is 1. The molecule has 0 saturated carbocycles. The molecular formula is C16H26N2O3. The standard InChI is InChI=1S/C16H26N2O3/c1-5-18(13(2)3)15-8-6-14(7-9-15)17-16(19)12-21-11-10-20-4/h6-9,13H,5,10-12H2,1-4H3,(H,17,19). The van der Waals surface area contributed by atoms with E-state index >= 15 is 0 Å². The smallest absolute Gasteiger partial charge is 0.250 e. The summed E-state index contributed by atoms with van der Waals surface area (Å²) in [4.78, 5) is 14.0. The molecule has 0 spiro atoms. The molecule has 0 atom stereocenters. The van der Waals surface area contributed by atoms with Gasteiger partial charge in [-0.25, -0.2) is 0 Å². The Bertz CT molecular complexity index is 418. The second-order valence-corrected chi connectivity index (χ2v) is 5.02. The van der Waals surface area contributed by atoms with Crippen LogP contribution in [0.3, 0.4) is 0 Å². The van der Waals surface area contributed by atoms with Crippen LogP contribution in [-0.2, 0) is 14.3 Å². The van der Waals surface area contributed by atoms with Crippen molar-refractivity contribution in [3.8, 4) is 0 Å². The second kappa shape index (κ2) is 9.37. The van der Waals surface area contributed by atoms with E-state index in [-0.39, 0.29) is 12.5 Å². The molecule has 1 rings (SSSR count). The summed E-state index contributed by atoms with van der Waals surface area (Å²) in [5, 5.41) is 2.81. The third-order valence-electron chi connectivity index (χ3n) is 3.11. The fourth-order valence-corrected chi connectivity index (χ4v) is 2.09. The highest BCUT2D eigenvalue weighted by Crippen LogP contribution is 2.19. The largest absolute Gasteiger partial charge is 0.382 e. The Balaban J connectivity index is 2.48. The van der Waals surface area contributed by atoms with E-state index in [1.165, 1.54) is 0 Å². The minimum atomic E-state index is -0.157. The number of carbonyl (C=O) groups is 1. The molecule has 118 valence electrons. The van der Waals surface area contributed by atoms with Gasteiger partial charge in [-0.15, -0.1) is 0 Å². The van der Waals surface area contributed by atoms with Gasteiger partial charge < -0.3 is 19.7 Å². The SMILES string of the molecule is CCN(c1ccc(NC(=O)COCCOC)cc1)C(C)C. The molecule has 1 aromatic rings. The summed E-state index contributed by atoms with van der Waals surface area (Å²) >= 11 is 0. The first kappa shape index (κ1) is 17.5. The Morgan fingerprint density at radius 3 is 2.43 bits per heavy atom. The van der Waals surface area contributed by atoms with Gasteiger partial charge in [0.15, 0.2) is 0 Å². The maximum Gasteiger partial charge on any atom is 0.250 e. The Morgan fingerprint density at radius 2 is 1.90 bits per heavy atom. The van der Waals surface area contributed by atoms with Crippen molar-refractivity contribution in [3.05, 3.63) is 24.3 Å². The molecular weight excluding hydrogens is 268 g/mol. The maximum atomic E-state index is 11.7. The van der Waals surface area contributed by atoms with Crippen molar-refractivity contribution in [1.29, 1.82) is 0 Å². The van der Waals surface area contributed by atoms with Crippen LogP contribution in [0.1, 0.15) is 20.8 Å². The number of rotatable bonds is 9. The minimum absolute atomic E-state index is 0.0399. The molecule has 5 heteroatoms. The van der Waals surface area contributed by atoms with Crippen LogP contribution in [0.25, 0.3) is 0 Å². The molecule has 0 aliphatic carbocycles. The van der Waals surface area contributed by atoms with E-state index in [0.29, 0.717) is 19.3 Å². The minimum Gasteiger partial charge on any atom is -0.382 e. The van der Waals surface area contributed by atoms with Crippen LogP contribution >= 0.6 is 0 Å². The second-order valence-electron chi connectivity index (χ2n) is 5.02. The summed E-state index contributed by atoms with van der Waals surface area (Å²) in [7, 11) is 1.60. The summed E-state index contributed by atoms with van der Waals surface area (Å²) in [6.07, 6.45) is 0. The average molecular weight is 294 g/mol. The number of nitrogens with one attached hydrogen (secondary N) is 1. The Morgan fingerprint density at radius 1 is 1.24 bits per heavy atom. The lowest BCUT2D eigenvalue weighted by Crippen LogP contribution is -2.30. The first-order valence-electron chi connectivity index (χ1n) is 7.31. The van der Waals surface area contributed by atoms with Gasteiger partial charge in [0, 0.05) is 31.1 Å². The number of carbonyl (C=O) groups excluding carboxylic acids is 1. The van der Waals surface area contributed by atoms with Crippen molar-refractivity contribution in [3.63, 3.8) is 0 Å². The van der Waals surface area contributed by atoms with Gasteiger partial charge in [-0.1, -0.05) is 0 Å². The van der Waals surface area contributed by atoms with Gasteiger partial charge in [0.05, 0.1) is 13.2 Å². The number of amides is 1. The van der Waals surface area contributed by atoms with Crippen LogP contribution in [0.2, 0.25) is 0 Å². The molecule has 0 heterocycles. The average Bonchev–Trinajstić information content (AvgIpc) is 2.46. The van der Waals surface area contributed by atoms with Gasteiger partial charge in [-0.2, -0.15) is 0 Å². The van der Waals surface area contributed by atoms with Crippen LogP contribution in [0.5, 0.6) is 0 Å². The zero-order valence-corrected chi connectivity index (χ0v) is 13.4. The summed E-state index contributed by atoms with van der Waals surface area (Å²) in [5.74, 6) is -0.157. The van der Waals surface area contributed by atoms with E-state index in [1.54, 1.807) is 7.11 Å². The predicted octanol–water partition coefficient (Wildman–Crippen LogP) is 2.52. The first-order valence-corrected chi connectivity index (χ1v) is 7.31. The lowest BCUT2D eigenvalue weighted by molar-refractivity contribution is -0.121. The zero-order valence-electron chi connectivity index (χ0n) is 13.4. The van der Waals surface area contributed by atoms with Crippen LogP contribution in [0.4, 0.5) is 11.4 Å². The van der Waals surface area contributed by atoms with E-state index in [2.05, 4.69) is 31.0 Å².